The molecule has 12 heteroatoms. The van der Waals surface area contributed by atoms with Crippen molar-refractivity contribution >= 4 is 37.4 Å². The number of hydrogen-bond donors (Lipinski definition) is 6. The van der Waals surface area contributed by atoms with Crippen LogP contribution < -0.4 is 32.3 Å². The van der Waals surface area contributed by atoms with Crippen molar-refractivity contribution in [2.75, 3.05) is 13.1 Å². The highest BCUT2D eigenvalue weighted by molar-refractivity contribution is 6.23. The van der Waals surface area contributed by atoms with Crippen LogP contribution >= 0.6 is 0 Å². The van der Waals surface area contributed by atoms with E-state index in [0.717, 1.165) is 6.42 Å². The molecule has 0 heterocycles. The minimum absolute atomic E-state index is 0.0803. The molecule has 5 amide bonds. The number of amides is 5. The number of carbonyl (C=O) groups excluding carboxylic acids is 5. The number of hydrogen-bond acceptors (Lipinski definition) is 6. The van der Waals surface area contributed by atoms with Crippen LogP contribution in [0.4, 0.5) is 0 Å². The van der Waals surface area contributed by atoms with Gasteiger partial charge in [0, 0.05) is 44.8 Å². The third-order valence-electron chi connectivity index (χ3n) is 5.90. The normalized spacial score (nSPS) is 13.7. The van der Waals surface area contributed by atoms with Gasteiger partial charge in [-0.3, -0.25) is 24.0 Å². The van der Waals surface area contributed by atoms with Gasteiger partial charge in [0.05, 0.1) is 0 Å². The van der Waals surface area contributed by atoms with E-state index >= 15 is 0 Å². The molecule has 0 aromatic rings. The van der Waals surface area contributed by atoms with Gasteiger partial charge in [-0.1, -0.05) is 6.92 Å². The Balaban J connectivity index is 4.53. The molecule has 4 atom stereocenters. The highest BCUT2D eigenvalue weighted by Crippen LogP contribution is 2.05. The first-order valence-electron chi connectivity index (χ1n) is 13.4. The molecule has 0 saturated carbocycles. The van der Waals surface area contributed by atoms with Gasteiger partial charge in [-0.2, -0.15) is 0 Å². The highest BCUT2D eigenvalue weighted by atomic mass is 16.2. The van der Waals surface area contributed by atoms with E-state index in [1.807, 2.05) is 13.8 Å². The molecule has 0 spiro atoms. The standard InChI is InChI=1S/C26H45BN6O5/c1-5-7-8-15-22(35)29-16-11-9-13-20(24(28)36)33-25(37)21(32-19(4)34)14-10-12-17-30-26(38)23(27)31-18(3)6-2/h1,18,20-21,23,31H,6-17H2,2-4H3,(H2,28,36)(H,29,35)(H,30,38)(H,32,34)(H,33,37)/t18?,20-,21-,23?/m0/s1. The lowest BCUT2D eigenvalue weighted by Crippen LogP contribution is -2.52. The third-order valence-corrected chi connectivity index (χ3v) is 5.90. The fourth-order valence-electron chi connectivity index (χ4n) is 3.51. The maximum atomic E-state index is 12.8. The average Bonchev–Trinajstić information content (AvgIpc) is 2.86. The first-order chi connectivity index (χ1) is 18.0. The smallest absolute Gasteiger partial charge is 0.243 e. The Kier molecular flexibility index (Phi) is 19.2. The van der Waals surface area contributed by atoms with Gasteiger partial charge in [0.1, 0.15) is 19.9 Å². The molecule has 0 aliphatic carbocycles. The van der Waals surface area contributed by atoms with Gasteiger partial charge < -0.3 is 32.3 Å². The fraction of sp³-hybridized carbons (Fsp3) is 0.731. The van der Waals surface area contributed by atoms with Crippen molar-refractivity contribution in [1.82, 2.24) is 26.6 Å². The van der Waals surface area contributed by atoms with E-state index in [1.165, 1.54) is 6.92 Å². The summed E-state index contributed by atoms with van der Waals surface area (Å²) < 4.78 is 0. The van der Waals surface area contributed by atoms with Crippen molar-refractivity contribution in [2.45, 2.75) is 109 Å². The number of terminal acetylenes is 1. The quantitative estimate of drug-likeness (QED) is 0.0674. The Morgan fingerprint density at radius 2 is 1.50 bits per heavy atom. The molecule has 38 heavy (non-hydrogen) atoms. The van der Waals surface area contributed by atoms with Crippen LogP contribution in [0.5, 0.6) is 0 Å². The molecule has 11 nitrogen and oxygen atoms in total. The van der Waals surface area contributed by atoms with Crippen molar-refractivity contribution in [3.05, 3.63) is 0 Å². The Bertz CT molecular complexity index is 803. The van der Waals surface area contributed by atoms with E-state index in [0.29, 0.717) is 70.9 Å². The zero-order chi connectivity index (χ0) is 28.9. The lowest BCUT2D eigenvalue weighted by molar-refractivity contribution is -0.131. The van der Waals surface area contributed by atoms with Gasteiger partial charge in [0.25, 0.3) is 0 Å². The molecule has 0 saturated heterocycles. The van der Waals surface area contributed by atoms with Crippen molar-refractivity contribution in [3.63, 3.8) is 0 Å². The summed E-state index contributed by atoms with van der Waals surface area (Å²) in [6.45, 7) is 6.04. The second-order valence-corrected chi connectivity index (χ2v) is 9.36. The summed E-state index contributed by atoms with van der Waals surface area (Å²) in [6, 6.07) is -1.63. The maximum Gasteiger partial charge on any atom is 0.243 e. The third kappa shape index (κ3) is 17.4. The first-order valence-corrected chi connectivity index (χ1v) is 13.4. The minimum atomic E-state index is -0.899. The summed E-state index contributed by atoms with van der Waals surface area (Å²) in [5, 5.41) is 13.7. The lowest BCUT2D eigenvalue weighted by atomic mass is 9.94. The maximum absolute atomic E-state index is 12.8. The summed E-state index contributed by atoms with van der Waals surface area (Å²) in [5.74, 6) is -0.272. The lowest BCUT2D eigenvalue weighted by Gasteiger charge is -2.22. The van der Waals surface area contributed by atoms with E-state index in [2.05, 4.69) is 32.5 Å². The van der Waals surface area contributed by atoms with Crippen LogP contribution in [0.25, 0.3) is 0 Å². The topological polar surface area (TPSA) is 172 Å². The fourth-order valence-corrected chi connectivity index (χ4v) is 3.51. The van der Waals surface area contributed by atoms with E-state index in [1.54, 1.807) is 0 Å². The van der Waals surface area contributed by atoms with Gasteiger partial charge in [-0.25, -0.2) is 0 Å². The van der Waals surface area contributed by atoms with Crippen molar-refractivity contribution in [1.29, 1.82) is 0 Å². The second kappa shape index (κ2) is 20.9. The van der Waals surface area contributed by atoms with E-state index < -0.39 is 29.8 Å². The molecule has 2 radical (unpaired) electrons. The zero-order valence-electron chi connectivity index (χ0n) is 23.1. The molecule has 0 rings (SSSR count). The van der Waals surface area contributed by atoms with Gasteiger partial charge in [-0.15, -0.1) is 12.3 Å². The van der Waals surface area contributed by atoms with Crippen LogP contribution in [0.3, 0.4) is 0 Å². The van der Waals surface area contributed by atoms with Gasteiger partial charge in [0.2, 0.25) is 29.5 Å². The van der Waals surface area contributed by atoms with Crippen LogP contribution in [0.1, 0.15) is 85.0 Å². The molecule has 212 valence electrons. The number of carbonyl (C=O) groups is 5. The molecule has 7 N–H and O–H groups in total. The molecule has 0 aromatic carbocycles. The molecule has 0 aliphatic rings. The molecule has 0 aromatic heterocycles. The Hall–Kier alpha value is -3.07. The number of unbranched alkanes of at least 4 members (excludes halogenated alkanes) is 3. The van der Waals surface area contributed by atoms with Crippen LogP contribution in [0.15, 0.2) is 0 Å². The summed E-state index contributed by atoms with van der Waals surface area (Å²) >= 11 is 0. The van der Waals surface area contributed by atoms with Crippen LogP contribution in [0.2, 0.25) is 0 Å². The number of nitrogens with one attached hydrogen (secondary N) is 5. The second-order valence-electron chi connectivity index (χ2n) is 9.36. The predicted molar refractivity (Wildman–Crippen MR) is 148 cm³/mol. The van der Waals surface area contributed by atoms with E-state index in [-0.39, 0.29) is 23.8 Å². The molecule has 0 aliphatic heterocycles. The summed E-state index contributed by atoms with van der Waals surface area (Å²) in [5.41, 5.74) is 5.47. The average molecular weight is 532 g/mol. The molecule has 0 fully saturated rings. The zero-order valence-corrected chi connectivity index (χ0v) is 23.1. The van der Waals surface area contributed by atoms with E-state index in [9.17, 15) is 24.0 Å². The number of nitrogens with two attached hydrogens (primary N) is 1. The summed E-state index contributed by atoms with van der Waals surface area (Å²) in [7, 11) is 5.82. The molecule has 0 bridgehead atoms. The highest BCUT2D eigenvalue weighted by Gasteiger charge is 2.24. The summed E-state index contributed by atoms with van der Waals surface area (Å²) in [4.78, 5) is 60.0. The van der Waals surface area contributed by atoms with Gasteiger partial charge >= 0.3 is 0 Å². The van der Waals surface area contributed by atoms with Crippen molar-refractivity contribution < 1.29 is 24.0 Å². The monoisotopic (exact) mass is 532 g/mol. The van der Waals surface area contributed by atoms with Crippen LogP contribution in [0, 0.1) is 12.3 Å². The Labute approximate surface area is 228 Å². The minimum Gasteiger partial charge on any atom is -0.368 e. The van der Waals surface area contributed by atoms with Crippen molar-refractivity contribution in [3.8, 4) is 12.3 Å². The van der Waals surface area contributed by atoms with Crippen LogP contribution in [-0.4, -0.2) is 74.5 Å². The molecular formula is C26H45BN6O5. The first kappa shape index (κ1) is 34.9. The number of primary amides is 1. The van der Waals surface area contributed by atoms with E-state index in [4.69, 9.17) is 20.0 Å². The Morgan fingerprint density at radius 1 is 0.895 bits per heavy atom. The van der Waals surface area contributed by atoms with Gasteiger partial charge in [0.15, 0.2) is 0 Å². The van der Waals surface area contributed by atoms with Crippen molar-refractivity contribution in [2.24, 2.45) is 5.73 Å². The molecule has 2 unspecified atom stereocenters. The number of rotatable bonds is 21. The SMILES string of the molecule is [B]C(NC(C)CC)C(=O)NCCCC[C@H](NC(C)=O)C(=O)N[C@@H](CCCCNC(=O)CCCC#C)C(N)=O. The Morgan fingerprint density at radius 3 is 2.05 bits per heavy atom. The van der Waals surface area contributed by atoms with Crippen LogP contribution in [-0.2, 0) is 24.0 Å². The van der Waals surface area contributed by atoms with Gasteiger partial charge in [-0.05, 0) is 58.3 Å². The summed E-state index contributed by atoms with van der Waals surface area (Å²) in [6.07, 6.45) is 10.4. The molecular weight excluding hydrogens is 487 g/mol. The largest absolute Gasteiger partial charge is 0.368 e. The predicted octanol–water partition coefficient (Wildman–Crippen LogP) is -0.280.